The van der Waals surface area contributed by atoms with Crippen molar-refractivity contribution in [3.05, 3.63) is 53.2 Å². The number of thioether (sulfide) groups is 1. The molecule has 1 aromatic carbocycles. The fourth-order valence-electron chi connectivity index (χ4n) is 3.67. The summed E-state index contributed by atoms with van der Waals surface area (Å²) in [6.07, 6.45) is 2.64. The average molecular weight is 477 g/mol. The standard InChI is InChI=1S/C20H15F3N6OS2/c21-20(22,23)11-4-5-14(29-10-24-8-27-29)13(6-11)28-16(30)7-31-18-17-12-2-1-3-15(12)32-19(17)26-9-25-18/h4-6,8-10H,1-3,7H2,(H,28,30). The molecule has 0 unspecified atom stereocenters. The summed E-state index contributed by atoms with van der Waals surface area (Å²) in [5, 5.41) is 8.24. The van der Waals surface area contributed by atoms with Gasteiger partial charge in [0.25, 0.3) is 0 Å². The van der Waals surface area contributed by atoms with Gasteiger partial charge in [0.2, 0.25) is 5.91 Å². The molecule has 1 aliphatic carbocycles. The number of amides is 1. The number of thiophene rings is 1. The number of hydrogen-bond acceptors (Lipinski definition) is 7. The molecule has 3 heterocycles. The van der Waals surface area contributed by atoms with Crippen LogP contribution < -0.4 is 5.32 Å². The summed E-state index contributed by atoms with van der Waals surface area (Å²) in [6, 6.07) is 3.09. The molecule has 0 aliphatic heterocycles. The van der Waals surface area contributed by atoms with Crippen molar-refractivity contribution in [2.75, 3.05) is 11.1 Å². The Morgan fingerprint density at radius 3 is 2.88 bits per heavy atom. The Balaban J connectivity index is 1.38. The molecular formula is C20H15F3N6OS2. The number of fused-ring (bicyclic) bond motifs is 3. The number of benzene rings is 1. The predicted octanol–water partition coefficient (Wildman–Crippen LogP) is 4.51. The van der Waals surface area contributed by atoms with Crippen LogP contribution in [-0.4, -0.2) is 36.4 Å². The summed E-state index contributed by atoms with van der Waals surface area (Å²) in [7, 11) is 0. The molecular weight excluding hydrogens is 461 g/mol. The van der Waals surface area contributed by atoms with E-state index in [1.807, 2.05) is 0 Å². The van der Waals surface area contributed by atoms with Gasteiger partial charge in [-0.2, -0.15) is 18.3 Å². The van der Waals surface area contributed by atoms with Crippen molar-refractivity contribution in [3.8, 4) is 5.69 Å². The highest BCUT2D eigenvalue weighted by atomic mass is 32.2. The van der Waals surface area contributed by atoms with Gasteiger partial charge >= 0.3 is 6.18 Å². The minimum absolute atomic E-state index is 0.000171. The Morgan fingerprint density at radius 2 is 2.09 bits per heavy atom. The lowest BCUT2D eigenvalue weighted by molar-refractivity contribution is -0.137. The maximum atomic E-state index is 13.2. The van der Waals surface area contributed by atoms with Gasteiger partial charge in [-0.3, -0.25) is 4.79 Å². The van der Waals surface area contributed by atoms with Gasteiger partial charge in [-0.15, -0.1) is 11.3 Å². The molecule has 1 N–H and O–H groups in total. The highest BCUT2D eigenvalue weighted by molar-refractivity contribution is 8.00. The van der Waals surface area contributed by atoms with Crippen LogP contribution in [0.2, 0.25) is 0 Å². The van der Waals surface area contributed by atoms with Gasteiger partial charge in [-0.05, 0) is 43.0 Å². The first-order valence-electron chi connectivity index (χ1n) is 9.64. The van der Waals surface area contributed by atoms with E-state index in [9.17, 15) is 18.0 Å². The van der Waals surface area contributed by atoms with E-state index < -0.39 is 17.6 Å². The summed E-state index contributed by atoms with van der Waals surface area (Å²) in [5.74, 6) is -0.460. The van der Waals surface area contributed by atoms with Crippen LogP contribution in [0.1, 0.15) is 22.4 Å². The predicted molar refractivity (Wildman–Crippen MR) is 115 cm³/mol. The van der Waals surface area contributed by atoms with E-state index in [2.05, 4.69) is 25.4 Å². The molecule has 0 fully saturated rings. The van der Waals surface area contributed by atoms with Crippen LogP contribution in [0.15, 0.2) is 42.2 Å². The summed E-state index contributed by atoms with van der Waals surface area (Å²) in [6.45, 7) is 0. The fraction of sp³-hybridized carbons (Fsp3) is 0.250. The number of carbonyl (C=O) groups is 1. The van der Waals surface area contributed by atoms with Gasteiger partial charge in [0.1, 0.15) is 28.8 Å². The van der Waals surface area contributed by atoms with Crippen LogP contribution >= 0.6 is 23.1 Å². The SMILES string of the molecule is O=C(CSc1ncnc2sc3c(c12)CCC3)Nc1cc(C(F)(F)F)ccc1-n1cncn1. The fourth-order valence-corrected chi connectivity index (χ4v) is 5.79. The van der Waals surface area contributed by atoms with E-state index >= 15 is 0 Å². The first-order valence-corrected chi connectivity index (χ1v) is 11.4. The highest BCUT2D eigenvalue weighted by Gasteiger charge is 2.31. The molecule has 12 heteroatoms. The van der Waals surface area contributed by atoms with E-state index in [1.54, 1.807) is 11.3 Å². The quantitative estimate of drug-likeness (QED) is 0.337. The summed E-state index contributed by atoms with van der Waals surface area (Å²) in [4.78, 5) is 27.4. The number of aryl methyl sites for hydroxylation is 2. The molecule has 0 bridgehead atoms. The van der Waals surface area contributed by atoms with E-state index in [0.29, 0.717) is 5.03 Å². The second-order valence-electron chi connectivity index (χ2n) is 7.12. The number of carbonyl (C=O) groups excluding carboxylic acids is 1. The van der Waals surface area contributed by atoms with Crippen LogP contribution in [0.3, 0.4) is 0 Å². The topological polar surface area (TPSA) is 85.6 Å². The molecule has 0 saturated carbocycles. The van der Waals surface area contributed by atoms with Crippen molar-refractivity contribution in [3.63, 3.8) is 0 Å². The van der Waals surface area contributed by atoms with E-state index in [0.717, 1.165) is 41.6 Å². The molecule has 5 rings (SSSR count). The van der Waals surface area contributed by atoms with Crippen molar-refractivity contribution >= 4 is 44.9 Å². The number of rotatable bonds is 5. The van der Waals surface area contributed by atoms with Crippen LogP contribution in [0.25, 0.3) is 15.9 Å². The van der Waals surface area contributed by atoms with Crippen LogP contribution in [-0.2, 0) is 23.8 Å². The van der Waals surface area contributed by atoms with Gasteiger partial charge in [0.15, 0.2) is 0 Å². The van der Waals surface area contributed by atoms with Gasteiger partial charge in [-0.25, -0.2) is 19.6 Å². The smallest absolute Gasteiger partial charge is 0.323 e. The zero-order chi connectivity index (χ0) is 22.3. The van der Waals surface area contributed by atoms with E-state index in [4.69, 9.17) is 0 Å². The van der Waals surface area contributed by atoms with E-state index in [1.165, 1.54) is 51.9 Å². The molecule has 0 saturated heterocycles. The Kier molecular flexibility index (Phi) is 5.33. The number of nitrogens with zero attached hydrogens (tertiary/aromatic N) is 5. The maximum absolute atomic E-state index is 13.2. The highest BCUT2D eigenvalue weighted by Crippen LogP contribution is 2.40. The molecule has 0 atom stereocenters. The first-order chi connectivity index (χ1) is 15.4. The second-order valence-corrected chi connectivity index (χ2v) is 9.17. The van der Waals surface area contributed by atoms with Gasteiger partial charge < -0.3 is 5.32 Å². The average Bonchev–Trinajstić information content (AvgIpc) is 3.49. The molecule has 32 heavy (non-hydrogen) atoms. The third-order valence-corrected chi connectivity index (χ3v) is 7.26. The lowest BCUT2D eigenvalue weighted by Crippen LogP contribution is -2.17. The largest absolute Gasteiger partial charge is 0.416 e. The van der Waals surface area contributed by atoms with Gasteiger partial charge in [0, 0.05) is 10.3 Å². The number of alkyl halides is 3. The Hall–Kier alpha value is -2.99. The van der Waals surface area contributed by atoms with Gasteiger partial charge in [-0.1, -0.05) is 11.8 Å². The number of nitrogens with one attached hydrogen (secondary N) is 1. The first kappa shape index (κ1) is 20.9. The number of halogens is 3. The van der Waals surface area contributed by atoms with Crippen LogP contribution in [0, 0.1) is 0 Å². The summed E-state index contributed by atoms with van der Waals surface area (Å²) >= 11 is 2.90. The Morgan fingerprint density at radius 1 is 1.22 bits per heavy atom. The lowest BCUT2D eigenvalue weighted by atomic mass is 10.1. The lowest BCUT2D eigenvalue weighted by Gasteiger charge is -2.14. The van der Waals surface area contributed by atoms with Crippen molar-refractivity contribution in [1.29, 1.82) is 0 Å². The number of aromatic nitrogens is 5. The van der Waals surface area contributed by atoms with Crippen molar-refractivity contribution in [2.24, 2.45) is 0 Å². The monoisotopic (exact) mass is 476 g/mol. The van der Waals surface area contributed by atoms with Gasteiger partial charge in [0.05, 0.1) is 22.7 Å². The van der Waals surface area contributed by atoms with E-state index in [-0.39, 0.29) is 17.1 Å². The minimum atomic E-state index is -4.54. The normalized spacial score (nSPS) is 13.5. The molecule has 4 aromatic rings. The molecule has 0 radical (unpaired) electrons. The van der Waals surface area contributed by atoms with Crippen molar-refractivity contribution in [1.82, 2.24) is 24.7 Å². The van der Waals surface area contributed by atoms with Crippen molar-refractivity contribution < 1.29 is 18.0 Å². The minimum Gasteiger partial charge on any atom is -0.323 e. The third-order valence-electron chi connectivity index (χ3n) is 5.07. The molecule has 1 aliphatic rings. The Labute approximate surface area is 188 Å². The summed E-state index contributed by atoms with van der Waals surface area (Å²) < 4.78 is 40.9. The second kappa shape index (κ2) is 8.17. The summed E-state index contributed by atoms with van der Waals surface area (Å²) in [5.41, 5.74) is 0.671. The molecule has 0 spiro atoms. The van der Waals surface area contributed by atoms with Crippen LogP contribution in [0.4, 0.5) is 18.9 Å². The number of anilines is 1. The zero-order valence-electron chi connectivity index (χ0n) is 16.4. The molecule has 3 aromatic heterocycles. The van der Waals surface area contributed by atoms with Crippen molar-refractivity contribution in [2.45, 2.75) is 30.5 Å². The molecule has 164 valence electrons. The third kappa shape index (κ3) is 3.95. The van der Waals surface area contributed by atoms with Crippen LogP contribution in [0.5, 0.6) is 0 Å². The molecule has 1 amide bonds. The molecule has 7 nitrogen and oxygen atoms in total. The maximum Gasteiger partial charge on any atom is 0.416 e. The zero-order valence-corrected chi connectivity index (χ0v) is 18.0. The Bertz CT molecular complexity index is 1300. The number of hydrogen-bond donors (Lipinski definition) is 1.